The molecule has 162 valence electrons. The molecule has 0 spiro atoms. The average molecular weight is 436 g/mol. The number of hydrogen-bond acceptors (Lipinski definition) is 0. The highest BCUT2D eigenvalue weighted by atomic mass is 15.0. The van der Waals surface area contributed by atoms with Gasteiger partial charge in [0.05, 0.1) is 5.52 Å². The van der Waals surface area contributed by atoms with Crippen molar-refractivity contribution in [1.29, 1.82) is 0 Å². The van der Waals surface area contributed by atoms with Crippen LogP contribution < -0.4 is 0 Å². The van der Waals surface area contributed by atoms with Gasteiger partial charge in [-0.25, -0.2) is 0 Å². The summed E-state index contributed by atoms with van der Waals surface area (Å²) in [6.45, 7) is 2.15. The van der Waals surface area contributed by atoms with Gasteiger partial charge in [0.25, 0.3) is 0 Å². The second kappa shape index (κ2) is 7.46. The predicted octanol–water partition coefficient (Wildman–Crippen LogP) is 8.87. The standard InChI is InChI=1S/C33H25N/c1-22-10-11-24-19-25(13-12-23(24)18-22)26-14-15-28-21-29(17-16-27(28)20-26)34-32-8-4-2-6-30(32)31-7-3-5-9-33(31)34/h2,4-6,8-21H,3,7H2,1H3. The van der Waals surface area contributed by atoms with Crippen LogP contribution in [-0.2, 0) is 6.42 Å². The quantitative estimate of drug-likeness (QED) is 0.256. The highest BCUT2D eigenvalue weighted by molar-refractivity contribution is 5.94. The molecule has 0 unspecified atom stereocenters. The summed E-state index contributed by atoms with van der Waals surface area (Å²) >= 11 is 0. The first kappa shape index (κ1) is 19.4. The normalized spacial score (nSPS) is 13.1. The lowest BCUT2D eigenvalue weighted by Crippen LogP contribution is -2.00. The molecule has 0 saturated carbocycles. The molecule has 1 aliphatic carbocycles. The number of para-hydroxylation sites is 1. The molecule has 1 heterocycles. The fraction of sp³-hybridized carbons (Fsp3) is 0.0909. The Morgan fingerprint density at radius 1 is 0.647 bits per heavy atom. The first-order valence-corrected chi connectivity index (χ1v) is 12.1. The van der Waals surface area contributed by atoms with E-state index in [2.05, 4.69) is 121 Å². The van der Waals surface area contributed by atoms with Crippen molar-refractivity contribution in [1.82, 2.24) is 4.57 Å². The van der Waals surface area contributed by atoms with Crippen LogP contribution in [0.3, 0.4) is 0 Å². The molecule has 1 aliphatic rings. The van der Waals surface area contributed by atoms with Crippen LogP contribution in [0.15, 0.2) is 103 Å². The molecule has 0 fully saturated rings. The van der Waals surface area contributed by atoms with Crippen LogP contribution in [0, 0.1) is 6.92 Å². The molecule has 0 radical (unpaired) electrons. The van der Waals surface area contributed by atoms with Gasteiger partial charge in [-0.3, -0.25) is 0 Å². The maximum absolute atomic E-state index is 2.43. The van der Waals surface area contributed by atoms with Crippen LogP contribution in [0.5, 0.6) is 0 Å². The van der Waals surface area contributed by atoms with Gasteiger partial charge < -0.3 is 4.57 Å². The average Bonchev–Trinajstić information content (AvgIpc) is 3.22. The molecular weight excluding hydrogens is 410 g/mol. The van der Waals surface area contributed by atoms with Gasteiger partial charge >= 0.3 is 0 Å². The van der Waals surface area contributed by atoms with Crippen LogP contribution in [0.4, 0.5) is 0 Å². The highest BCUT2D eigenvalue weighted by Gasteiger charge is 2.18. The van der Waals surface area contributed by atoms with Crippen LogP contribution >= 0.6 is 0 Å². The number of hydrogen-bond donors (Lipinski definition) is 0. The molecule has 7 rings (SSSR count). The third-order valence-electron chi connectivity index (χ3n) is 7.27. The lowest BCUT2D eigenvalue weighted by molar-refractivity contribution is 0.968. The number of aromatic nitrogens is 1. The summed E-state index contributed by atoms with van der Waals surface area (Å²) < 4.78 is 2.43. The molecule has 0 N–H and O–H groups in total. The topological polar surface area (TPSA) is 4.93 Å². The largest absolute Gasteiger partial charge is 0.310 e. The zero-order chi connectivity index (χ0) is 22.6. The maximum atomic E-state index is 2.43. The van der Waals surface area contributed by atoms with Crippen molar-refractivity contribution in [3.63, 3.8) is 0 Å². The summed E-state index contributed by atoms with van der Waals surface area (Å²) in [4.78, 5) is 0. The molecule has 5 aromatic carbocycles. The molecule has 0 atom stereocenters. The minimum Gasteiger partial charge on any atom is -0.310 e. The van der Waals surface area contributed by atoms with Gasteiger partial charge in [-0.05, 0) is 94.4 Å². The smallest absolute Gasteiger partial charge is 0.0537 e. The first-order valence-electron chi connectivity index (χ1n) is 12.1. The van der Waals surface area contributed by atoms with Crippen LogP contribution in [0.1, 0.15) is 23.2 Å². The van der Waals surface area contributed by atoms with Crippen LogP contribution in [-0.4, -0.2) is 4.57 Å². The van der Waals surface area contributed by atoms with Gasteiger partial charge in [-0.2, -0.15) is 0 Å². The van der Waals surface area contributed by atoms with Gasteiger partial charge in [0.1, 0.15) is 0 Å². The van der Waals surface area contributed by atoms with Gasteiger partial charge in [0.2, 0.25) is 0 Å². The van der Waals surface area contributed by atoms with Crippen LogP contribution in [0.2, 0.25) is 0 Å². The lowest BCUT2D eigenvalue weighted by atomic mass is 9.98. The Labute approximate surface area is 199 Å². The minimum absolute atomic E-state index is 1.11. The van der Waals surface area contributed by atoms with Gasteiger partial charge in [0, 0.05) is 16.8 Å². The van der Waals surface area contributed by atoms with Gasteiger partial charge in [-0.1, -0.05) is 78.4 Å². The molecular formula is C33H25N. The second-order valence-electron chi connectivity index (χ2n) is 9.47. The zero-order valence-corrected chi connectivity index (χ0v) is 19.3. The predicted molar refractivity (Wildman–Crippen MR) is 146 cm³/mol. The Morgan fingerprint density at radius 2 is 1.32 bits per heavy atom. The summed E-state index contributed by atoms with van der Waals surface area (Å²) in [6, 6.07) is 35.9. The summed E-state index contributed by atoms with van der Waals surface area (Å²) in [5.41, 5.74) is 9.14. The van der Waals surface area contributed by atoms with Gasteiger partial charge in [-0.15, -0.1) is 0 Å². The number of fused-ring (bicyclic) bond motifs is 5. The second-order valence-corrected chi connectivity index (χ2v) is 9.47. The molecule has 0 aliphatic heterocycles. The van der Waals surface area contributed by atoms with E-state index in [-0.39, 0.29) is 0 Å². The maximum Gasteiger partial charge on any atom is 0.0537 e. The molecule has 0 amide bonds. The Hall–Kier alpha value is -4.10. The van der Waals surface area contributed by atoms with E-state index in [0.717, 1.165) is 12.8 Å². The third-order valence-corrected chi connectivity index (χ3v) is 7.27. The Bertz CT molecular complexity index is 1760. The van der Waals surface area contributed by atoms with Gasteiger partial charge in [0.15, 0.2) is 0 Å². The van der Waals surface area contributed by atoms with E-state index in [1.165, 1.54) is 66.1 Å². The Morgan fingerprint density at radius 3 is 2.15 bits per heavy atom. The van der Waals surface area contributed by atoms with E-state index < -0.39 is 0 Å². The fourth-order valence-electron chi connectivity index (χ4n) is 5.56. The van der Waals surface area contributed by atoms with E-state index in [4.69, 9.17) is 0 Å². The number of nitrogens with zero attached hydrogens (tertiary/aromatic N) is 1. The first-order chi connectivity index (χ1) is 16.7. The van der Waals surface area contributed by atoms with E-state index in [1.54, 1.807) is 0 Å². The van der Waals surface area contributed by atoms with Crippen molar-refractivity contribution >= 4 is 38.5 Å². The van der Waals surface area contributed by atoms with Crippen molar-refractivity contribution in [3.8, 4) is 16.8 Å². The minimum atomic E-state index is 1.11. The lowest BCUT2D eigenvalue weighted by Gasteiger charge is -2.13. The number of allylic oxidation sites excluding steroid dienone is 1. The van der Waals surface area contributed by atoms with Crippen molar-refractivity contribution in [3.05, 3.63) is 120 Å². The molecule has 1 heteroatoms. The van der Waals surface area contributed by atoms with Crippen molar-refractivity contribution in [2.75, 3.05) is 0 Å². The summed E-state index contributed by atoms with van der Waals surface area (Å²) in [5, 5.41) is 6.50. The number of aryl methyl sites for hydroxylation is 2. The third kappa shape index (κ3) is 3.01. The monoisotopic (exact) mass is 435 g/mol. The Balaban J connectivity index is 1.35. The van der Waals surface area contributed by atoms with E-state index in [0.29, 0.717) is 0 Å². The molecule has 0 saturated heterocycles. The molecule has 34 heavy (non-hydrogen) atoms. The van der Waals surface area contributed by atoms with Crippen molar-refractivity contribution in [2.45, 2.75) is 19.8 Å². The van der Waals surface area contributed by atoms with E-state index in [9.17, 15) is 0 Å². The molecule has 6 aromatic rings. The van der Waals surface area contributed by atoms with Crippen LogP contribution in [0.25, 0.3) is 55.3 Å². The highest BCUT2D eigenvalue weighted by Crippen LogP contribution is 2.35. The SMILES string of the molecule is Cc1ccc2cc(-c3ccc4cc(-n5c6c(c7ccccc75)CCC=C6)ccc4c3)ccc2c1. The Kier molecular flexibility index (Phi) is 4.25. The van der Waals surface area contributed by atoms with Crippen molar-refractivity contribution < 1.29 is 0 Å². The summed E-state index contributed by atoms with van der Waals surface area (Å²) in [6.07, 6.45) is 6.83. The molecule has 1 aromatic heterocycles. The van der Waals surface area contributed by atoms with Crippen molar-refractivity contribution in [2.24, 2.45) is 0 Å². The molecule has 0 bridgehead atoms. The summed E-state index contributed by atoms with van der Waals surface area (Å²) in [7, 11) is 0. The zero-order valence-electron chi connectivity index (χ0n) is 19.3. The fourth-order valence-corrected chi connectivity index (χ4v) is 5.56. The number of benzene rings is 5. The summed E-state index contributed by atoms with van der Waals surface area (Å²) in [5.74, 6) is 0. The number of rotatable bonds is 2. The van der Waals surface area contributed by atoms with E-state index >= 15 is 0 Å². The molecule has 1 nitrogen and oxygen atoms in total. The van der Waals surface area contributed by atoms with E-state index in [1.807, 2.05) is 0 Å².